The summed E-state index contributed by atoms with van der Waals surface area (Å²) in [6.45, 7) is 0. The Kier molecular flexibility index (Phi) is 5.66. The predicted octanol–water partition coefficient (Wildman–Crippen LogP) is 4.40. The molecular weight excluding hydrogens is 377 g/mol. The molecule has 1 fully saturated rings. The van der Waals surface area contributed by atoms with Gasteiger partial charge in [-0.1, -0.05) is 54.9 Å². The van der Waals surface area contributed by atoms with Gasteiger partial charge in [0.15, 0.2) is 0 Å². The van der Waals surface area contributed by atoms with Crippen molar-refractivity contribution >= 4 is 23.4 Å². The minimum absolute atomic E-state index is 0.205. The Bertz CT molecular complexity index is 925. The highest BCUT2D eigenvalue weighted by atomic mass is 32.2. The molecule has 0 bridgehead atoms. The van der Waals surface area contributed by atoms with Crippen LogP contribution >= 0.6 is 11.8 Å². The number of carbonyl (C=O) groups is 1. The van der Waals surface area contributed by atoms with Crippen LogP contribution in [0.25, 0.3) is 0 Å². The first kappa shape index (κ1) is 18.6. The number of hydrogen-bond donors (Lipinski definition) is 1. The van der Waals surface area contributed by atoms with Crippen LogP contribution in [0.1, 0.15) is 42.5 Å². The number of tetrazole rings is 1. The fourth-order valence-electron chi connectivity index (χ4n) is 3.39. The van der Waals surface area contributed by atoms with Crippen LogP contribution in [0.3, 0.4) is 0 Å². The molecule has 1 atom stereocenters. The maximum Gasteiger partial charge on any atom is 0.242 e. The van der Waals surface area contributed by atoms with Crippen LogP contribution in [0.4, 0.5) is 10.1 Å². The van der Waals surface area contributed by atoms with E-state index in [0.29, 0.717) is 10.8 Å². The Morgan fingerprint density at radius 2 is 1.82 bits per heavy atom. The van der Waals surface area contributed by atoms with Gasteiger partial charge < -0.3 is 5.32 Å². The van der Waals surface area contributed by atoms with Crippen LogP contribution in [0, 0.1) is 5.82 Å². The van der Waals surface area contributed by atoms with Gasteiger partial charge in [-0.05, 0) is 53.1 Å². The lowest BCUT2D eigenvalue weighted by atomic mass is 10.1. The van der Waals surface area contributed by atoms with Gasteiger partial charge in [-0.15, -0.1) is 5.10 Å². The van der Waals surface area contributed by atoms with Crippen molar-refractivity contribution < 1.29 is 9.18 Å². The standard InChI is InChI=1S/C20H20FN5OS/c21-15-10-12-16(13-11-15)22-19(27)18(14-6-2-1-3-7-14)28-20-23-24-25-26(20)17-8-4-5-9-17/h1-3,6-7,10-13,17-18H,4-5,8-9H2,(H,22,27). The molecule has 1 aliphatic rings. The van der Waals surface area contributed by atoms with Crippen molar-refractivity contribution in [2.75, 3.05) is 5.32 Å². The fraction of sp³-hybridized carbons (Fsp3) is 0.300. The molecule has 1 unspecified atom stereocenters. The van der Waals surface area contributed by atoms with Gasteiger partial charge >= 0.3 is 0 Å². The lowest BCUT2D eigenvalue weighted by Gasteiger charge is -2.18. The van der Waals surface area contributed by atoms with Crippen molar-refractivity contribution in [3.8, 4) is 0 Å². The van der Waals surface area contributed by atoms with Gasteiger partial charge in [0.25, 0.3) is 0 Å². The Labute approximate surface area is 166 Å². The van der Waals surface area contributed by atoms with Crippen molar-refractivity contribution in [2.45, 2.75) is 42.1 Å². The summed E-state index contributed by atoms with van der Waals surface area (Å²) in [4.78, 5) is 13.1. The first-order valence-corrected chi connectivity index (χ1v) is 10.1. The number of nitrogens with zero attached hydrogens (tertiary/aromatic N) is 4. The minimum atomic E-state index is -0.530. The van der Waals surface area contributed by atoms with Gasteiger partial charge in [0.1, 0.15) is 11.1 Å². The number of halogens is 1. The van der Waals surface area contributed by atoms with E-state index < -0.39 is 5.25 Å². The minimum Gasteiger partial charge on any atom is -0.325 e. The summed E-state index contributed by atoms with van der Waals surface area (Å²) in [5.74, 6) is -0.550. The summed E-state index contributed by atoms with van der Waals surface area (Å²) in [6.07, 6.45) is 4.44. The number of rotatable bonds is 6. The Morgan fingerprint density at radius 3 is 2.54 bits per heavy atom. The van der Waals surface area contributed by atoms with Gasteiger partial charge in [0.05, 0.1) is 6.04 Å². The molecule has 1 aromatic heterocycles. The smallest absolute Gasteiger partial charge is 0.242 e. The second-order valence-electron chi connectivity index (χ2n) is 6.75. The highest BCUT2D eigenvalue weighted by Crippen LogP contribution is 2.38. The molecule has 1 amide bonds. The maximum atomic E-state index is 13.2. The molecule has 1 N–H and O–H groups in total. The molecule has 0 saturated heterocycles. The van der Waals surface area contributed by atoms with Crippen LogP contribution in [-0.2, 0) is 4.79 Å². The topological polar surface area (TPSA) is 72.7 Å². The molecule has 8 heteroatoms. The number of thioether (sulfide) groups is 1. The van der Waals surface area contributed by atoms with E-state index in [1.54, 1.807) is 12.1 Å². The number of carbonyl (C=O) groups excluding carboxylic acids is 1. The van der Waals surface area contributed by atoms with Gasteiger partial charge in [0.2, 0.25) is 11.1 Å². The summed E-state index contributed by atoms with van der Waals surface area (Å²) in [5.41, 5.74) is 1.40. The third-order valence-electron chi connectivity index (χ3n) is 4.81. The molecule has 0 spiro atoms. The van der Waals surface area contributed by atoms with Crippen LogP contribution in [0.2, 0.25) is 0 Å². The SMILES string of the molecule is O=C(Nc1ccc(F)cc1)C(Sc1nnnn1C1CCCC1)c1ccccc1. The second kappa shape index (κ2) is 8.52. The van der Waals surface area contributed by atoms with Gasteiger partial charge in [-0.3, -0.25) is 4.79 Å². The zero-order chi connectivity index (χ0) is 19.3. The third kappa shape index (κ3) is 4.22. The first-order valence-electron chi connectivity index (χ1n) is 9.26. The average Bonchev–Trinajstić information content (AvgIpc) is 3.40. The molecule has 1 heterocycles. The van der Waals surface area contributed by atoms with E-state index >= 15 is 0 Å². The number of benzene rings is 2. The number of amides is 1. The molecule has 3 aromatic rings. The van der Waals surface area contributed by atoms with Crippen LogP contribution < -0.4 is 5.32 Å². The highest BCUT2D eigenvalue weighted by molar-refractivity contribution is 8.00. The summed E-state index contributed by atoms with van der Waals surface area (Å²) < 4.78 is 15.0. The fourth-order valence-corrected chi connectivity index (χ4v) is 4.44. The van der Waals surface area contributed by atoms with Crippen molar-refractivity contribution in [3.05, 3.63) is 66.0 Å². The third-order valence-corrected chi connectivity index (χ3v) is 6.01. The Morgan fingerprint density at radius 1 is 1.11 bits per heavy atom. The largest absolute Gasteiger partial charge is 0.325 e. The number of nitrogens with one attached hydrogen (secondary N) is 1. The Hall–Kier alpha value is -2.74. The highest BCUT2D eigenvalue weighted by Gasteiger charge is 2.28. The zero-order valence-corrected chi connectivity index (χ0v) is 16.0. The summed E-state index contributed by atoms with van der Waals surface area (Å²) in [6, 6.07) is 15.5. The van der Waals surface area contributed by atoms with E-state index in [2.05, 4.69) is 20.8 Å². The zero-order valence-electron chi connectivity index (χ0n) is 15.2. The second-order valence-corrected chi connectivity index (χ2v) is 7.82. The molecule has 144 valence electrons. The van der Waals surface area contributed by atoms with E-state index in [1.165, 1.54) is 36.7 Å². The van der Waals surface area contributed by atoms with E-state index in [9.17, 15) is 9.18 Å². The molecule has 4 rings (SSSR count). The monoisotopic (exact) mass is 397 g/mol. The predicted molar refractivity (Wildman–Crippen MR) is 105 cm³/mol. The molecule has 1 aliphatic carbocycles. The van der Waals surface area contributed by atoms with E-state index in [0.717, 1.165) is 18.4 Å². The first-order chi connectivity index (χ1) is 13.7. The van der Waals surface area contributed by atoms with E-state index in [-0.39, 0.29) is 17.8 Å². The van der Waals surface area contributed by atoms with Gasteiger partial charge in [0, 0.05) is 5.69 Å². The van der Waals surface area contributed by atoms with Crippen molar-refractivity contribution in [2.24, 2.45) is 0 Å². The van der Waals surface area contributed by atoms with Crippen LogP contribution in [0.5, 0.6) is 0 Å². The van der Waals surface area contributed by atoms with Crippen molar-refractivity contribution in [1.29, 1.82) is 0 Å². The van der Waals surface area contributed by atoms with Gasteiger partial charge in [-0.2, -0.15) is 0 Å². The molecule has 6 nitrogen and oxygen atoms in total. The number of aromatic nitrogens is 4. The molecule has 1 saturated carbocycles. The Balaban J connectivity index is 1.58. The molecular formula is C20H20FN5OS. The summed E-state index contributed by atoms with van der Waals surface area (Å²) >= 11 is 1.33. The lowest BCUT2D eigenvalue weighted by molar-refractivity contribution is -0.115. The summed E-state index contributed by atoms with van der Waals surface area (Å²) in [7, 11) is 0. The van der Waals surface area contributed by atoms with Crippen LogP contribution in [0.15, 0.2) is 59.8 Å². The van der Waals surface area contributed by atoms with Crippen molar-refractivity contribution in [1.82, 2.24) is 20.2 Å². The normalized spacial score (nSPS) is 15.5. The lowest BCUT2D eigenvalue weighted by Crippen LogP contribution is -2.20. The summed E-state index contributed by atoms with van der Waals surface area (Å²) in [5, 5.41) is 15.1. The maximum absolute atomic E-state index is 13.2. The van der Waals surface area contributed by atoms with Crippen molar-refractivity contribution in [3.63, 3.8) is 0 Å². The van der Waals surface area contributed by atoms with E-state index in [1.807, 2.05) is 35.0 Å². The average molecular weight is 397 g/mol. The number of anilines is 1. The van der Waals surface area contributed by atoms with Gasteiger partial charge in [-0.25, -0.2) is 9.07 Å². The number of hydrogen-bond acceptors (Lipinski definition) is 5. The van der Waals surface area contributed by atoms with E-state index in [4.69, 9.17) is 0 Å². The molecule has 2 aromatic carbocycles. The molecule has 0 aliphatic heterocycles. The molecule has 0 radical (unpaired) electrons. The quantitative estimate of drug-likeness (QED) is 0.624. The van der Waals surface area contributed by atoms with Crippen LogP contribution in [-0.4, -0.2) is 26.1 Å². The molecule has 28 heavy (non-hydrogen) atoms.